The number of alkyl halides is 1. The van der Waals surface area contributed by atoms with E-state index in [0.717, 1.165) is 16.6 Å². The van der Waals surface area contributed by atoms with Crippen molar-refractivity contribution < 1.29 is 4.79 Å². The number of aromatic nitrogens is 1. The highest BCUT2D eigenvalue weighted by molar-refractivity contribution is 9.10. The Labute approximate surface area is 106 Å². The lowest BCUT2D eigenvalue weighted by Gasteiger charge is -2.08. The van der Waals surface area contributed by atoms with E-state index < -0.39 is 0 Å². The molecular weight excluding hydrogens is 324 g/mol. The van der Waals surface area contributed by atoms with Crippen LogP contribution in [-0.2, 0) is 4.79 Å². The number of nitrogens with zero attached hydrogens (tertiary/aromatic N) is 1. The van der Waals surface area contributed by atoms with Crippen molar-refractivity contribution in [2.24, 2.45) is 0 Å². The lowest BCUT2D eigenvalue weighted by molar-refractivity contribution is -0.115. The maximum atomic E-state index is 11.5. The quantitative estimate of drug-likeness (QED) is 0.861. The van der Waals surface area contributed by atoms with Crippen molar-refractivity contribution in [2.45, 2.75) is 25.1 Å². The predicted octanol–water partition coefficient (Wildman–Crippen LogP) is 3.26. The minimum atomic E-state index is -0.164. The molecule has 15 heavy (non-hydrogen) atoms. The fourth-order valence-electron chi connectivity index (χ4n) is 1.00. The summed E-state index contributed by atoms with van der Waals surface area (Å²) in [5, 5.41) is 2.74. The van der Waals surface area contributed by atoms with Crippen molar-refractivity contribution in [3.8, 4) is 0 Å². The molecule has 0 saturated carbocycles. The normalized spacial score (nSPS) is 12.3. The maximum Gasteiger partial charge on any atom is 0.239 e. The Morgan fingerprint density at radius 3 is 2.80 bits per heavy atom. The van der Waals surface area contributed by atoms with Crippen LogP contribution in [0.5, 0.6) is 0 Å². The smallest absolute Gasteiger partial charge is 0.239 e. The molecule has 0 bridgehead atoms. The summed E-state index contributed by atoms with van der Waals surface area (Å²) >= 11 is 6.64. The van der Waals surface area contributed by atoms with Crippen LogP contribution in [0.15, 0.2) is 16.6 Å². The zero-order chi connectivity index (χ0) is 11.4. The van der Waals surface area contributed by atoms with Crippen molar-refractivity contribution in [2.75, 3.05) is 5.32 Å². The Kier molecular flexibility index (Phi) is 4.73. The number of hydrogen-bond acceptors (Lipinski definition) is 2. The lowest BCUT2D eigenvalue weighted by Crippen LogP contribution is -2.22. The topological polar surface area (TPSA) is 42.0 Å². The first kappa shape index (κ1) is 12.6. The van der Waals surface area contributed by atoms with Crippen LogP contribution >= 0.6 is 31.9 Å². The highest BCUT2D eigenvalue weighted by atomic mass is 79.9. The molecule has 3 nitrogen and oxygen atoms in total. The van der Waals surface area contributed by atoms with Gasteiger partial charge in [-0.2, -0.15) is 0 Å². The third-order valence-corrected chi connectivity index (χ3v) is 3.82. The molecule has 1 aromatic rings. The highest BCUT2D eigenvalue weighted by Gasteiger charge is 2.12. The molecule has 1 rings (SSSR count). The van der Waals surface area contributed by atoms with E-state index in [4.69, 9.17) is 0 Å². The van der Waals surface area contributed by atoms with Crippen molar-refractivity contribution in [3.63, 3.8) is 0 Å². The molecule has 0 aliphatic carbocycles. The second-order valence-electron chi connectivity index (χ2n) is 3.13. The molecule has 0 radical (unpaired) electrons. The summed E-state index contributed by atoms with van der Waals surface area (Å²) in [6, 6.07) is 3.64. The average Bonchev–Trinajstić information content (AvgIpc) is 2.22. The minimum Gasteiger partial charge on any atom is -0.310 e. The second kappa shape index (κ2) is 5.61. The van der Waals surface area contributed by atoms with Gasteiger partial charge in [0.25, 0.3) is 0 Å². The molecule has 82 valence electrons. The third kappa shape index (κ3) is 3.57. The largest absolute Gasteiger partial charge is 0.310 e. The Morgan fingerprint density at radius 2 is 2.27 bits per heavy atom. The standard InChI is InChI=1S/C10H12Br2N2O/c1-3-7(11)10(15)14-9-5-4-8(12)6(2)13-9/h4-5,7H,3H2,1-2H3,(H,13,14,15). The van der Waals surface area contributed by atoms with Crippen molar-refractivity contribution >= 4 is 43.6 Å². The van der Waals surface area contributed by atoms with E-state index >= 15 is 0 Å². The van der Waals surface area contributed by atoms with E-state index in [1.165, 1.54) is 0 Å². The second-order valence-corrected chi connectivity index (χ2v) is 5.09. The number of pyridine rings is 1. The summed E-state index contributed by atoms with van der Waals surface area (Å²) in [7, 11) is 0. The van der Waals surface area contributed by atoms with Gasteiger partial charge in [-0.1, -0.05) is 22.9 Å². The number of amides is 1. The average molecular weight is 336 g/mol. The van der Waals surface area contributed by atoms with Gasteiger partial charge in [-0.25, -0.2) is 4.98 Å². The molecule has 0 aliphatic rings. The first-order chi connectivity index (χ1) is 7.04. The van der Waals surface area contributed by atoms with Gasteiger partial charge in [-0.3, -0.25) is 4.79 Å². The van der Waals surface area contributed by atoms with Gasteiger partial charge in [0.1, 0.15) is 5.82 Å². The van der Waals surface area contributed by atoms with Gasteiger partial charge >= 0.3 is 0 Å². The van der Waals surface area contributed by atoms with E-state index in [1.54, 1.807) is 6.07 Å². The van der Waals surface area contributed by atoms with Crippen molar-refractivity contribution in [3.05, 3.63) is 22.3 Å². The monoisotopic (exact) mass is 334 g/mol. The fourth-order valence-corrected chi connectivity index (χ4v) is 1.34. The number of halogens is 2. The van der Waals surface area contributed by atoms with Crippen molar-refractivity contribution in [1.29, 1.82) is 0 Å². The van der Waals surface area contributed by atoms with E-state index in [1.807, 2.05) is 19.9 Å². The number of carbonyl (C=O) groups excluding carboxylic acids is 1. The number of aryl methyl sites for hydroxylation is 1. The highest BCUT2D eigenvalue weighted by Crippen LogP contribution is 2.17. The van der Waals surface area contributed by atoms with E-state index in [0.29, 0.717) is 5.82 Å². The van der Waals surface area contributed by atoms with Crippen LogP contribution in [0, 0.1) is 6.92 Å². The summed E-state index contributed by atoms with van der Waals surface area (Å²) in [6.45, 7) is 3.82. The Morgan fingerprint density at radius 1 is 1.60 bits per heavy atom. The number of rotatable bonds is 3. The summed E-state index contributed by atoms with van der Waals surface area (Å²) < 4.78 is 0.936. The molecule has 0 spiro atoms. The van der Waals surface area contributed by atoms with Gasteiger partial charge in [-0.15, -0.1) is 0 Å². The van der Waals surface area contributed by atoms with Gasteiger partial charge in [0.15, 0.2) is 0 Å². The van der Waals surface area contributed by atoms with Gasteiger partial charge in [0.05, 0.1) is 10.5 Å². The molecule has 1 heterocycles. The number of carbonyl (C=O) groups is 1. The zero-order valence-corrected chi connectivity index (χ0v) is 11.7. The molecule has 5 heteroatoms. The molecular formula is C10H12Br2N2O. The molecule has 0 aliphatic heterocycles. The molecule has 0 saturated heterocycles. The minimum absolute atomic E-state index is 0.0632. The molecule has 1 aromatic heterocycles. The van der Waals surface area contributed by atoms with Crippen LogP contribution in [0.4, 0.5) is 5.82 Å². The number of anilines is 1. The molecule has 0 fully saturated rings. The van der Waals surface area contributed by atoms with E-state index in [2.05, 4.69) is 42.2 Å². The van der Waals surface area contributed by atoms with Gasteiger partial charge < -0.3 is 5.32 Å². The van der Waals surface area contributed by atoms with Gasteiger partial charge in [-0.05, 0) is 41.4 Å². The zero-order valence-electron chi connectivity index (χ0n) is 8.55. The molecule has 1 unspecified atom stereocenters. The van der Waals surface area contributed by atoms with Crippen molar-refractivity contribution in [1.82, 2.24) is 4.98 Å². The number of hydrogen-bond donors (Lipinski definition) is 1. The summed E-state index contributed by atoms with van der Waals surface area (Å²) in [4.78, 5) is 15.6. The Hall–Kier alpha value is -0.420. The first-order valence-electron chi connectivity index (χ1n) is 4.62. The molecule has 0 aromatic carbocycles. The summed E-state index contributed by atoms with van der Waals surface area (Å²) in [5.41, 5.74) is 0.857. The maximum absolute atomic E-state index is 11.5. The van der Waals surface area contributed by atoms with Crippen LogP contribution in [0.3, 0.4) is 0 Å². The van der Waals surface area contributed by atoms with Gasteiger partial charge in [0, 0.05) is 4.47 Å². The van der Waals surface area contributed by atoms with Crippen LogP contribution in [-0.4, -0.2) is 15.7 Å². The van der Waals surface area contributed by atoms with E-state index in [-0.39, 0.29) is 10.7 Å². The SMILES string of the molecule is CCC(Br)C(=O)Nc1ccc(Br)c(C)n1. The van der Waals surface area contributed by atoms with Gasteiger partial charge in [0.2, 0.25) is 5.91 Å². The van der Waals surface area contributed by atoms with Crippen LogP contribution in [0.1, 0.15) is 19.0 Å². The molecule has 1 amide bonds. The van der Waals surface area contributed by atoms with Crippen LogP contribution in [0.25, 0.3) is 0 Å². The predicted molar refractivity (Wildman–Crippen MR) is 68.3 cm³/mol. The summed E-state index contributed by atoms with van der Waals surface area (Å²) in [5.74, 6) is 0.519. The molecule has 1 N–H and O–H groups in total. The molecule has 1 atom stereocenters. The van der Waals surface area contributed by atoms with Crippen LogP contribution in [0.2, 0.25) is 0 Å². The van der Waals surface area contributed by atoms with Crippen LogP contribution < -0.4 is 5.32 Å². The fraction of sp³-hybridized carbons (Fsp3) is 0.400. The third-order valence-electron chi connectivity index (χ3n) is 1.92. The lowest BCUT2D eigenvalue weighted by atomic mass is 10.3. The summed E-state index contributed by atoms with van der Waals surface area (Å²) in [6.07, 6.45) is 0.751. The Balaban J connectivity index is 2.73. The number of nitrogens with one attached hydrogen (secondary N) is 1. The Bertz CT molecular complexity index is 368. The first-order valence-corrected chi connectivity index (χ1v) is 6.33. The van der Waals surface area contributed by atoms with E-state index in [9.17, 15) is 4.79 Å².